The molecule has 2 aliphatic rings. The van der Waals surface area contributed by atoms with Crippen LogP contribution in [0.3, 0.4) is 0 Å². The highest BCUT2D eigenvalue weighted by Gasteiger charge is 2.25. The standard InChI is InChI=1S/C51H56N8O10S2/c1-9-47(63)51-29(5)42-24-45-50(30(6)60)28(4)41(56-45)22-39-26(2)37(18-20-48(64)52-33-10-14-35(15-11-33)70(66,67)58-31(7)61)43(54-39)25-44-38(27(3)40(55-44)23-46(51)57-42)19-21-49(65)53-34-12-16-36(17-13-34)71(68,69)59-32(8)62/h10-17,22-25,30,47,56-57,60,63H,9,18-21H2,1-8H3,(H,52,64)(H,53,65)(H,58,61)(H,59,62). The van der Waals surface area contributed by atoms with Crippen molar-refractivity contribution in [3.63, 3.8) is 0 Å². The minimum absolute atomic E-state index is 0.00122. The Morgan fingerprint density at radius 2 is 0.972 bits per heavy atom. The maximum Gasteiger partial charge on any atom is 0.264 e. The smallest absolute Gasteiger partial charge is 0.264 e. The number of allylic oxidation sites excluding steroid dienone is 4. The van der Waals surface area contributed by atoms with Crippen molar-refractivity contribution < 1.29 is 46.2 Å². The van der Waals surface area contributed by atoms with Gasteiger partial charge >= 0.3 is 0 Å². The molecule has 8 bridgehead atoms. The molecule has 5 aromatic rings. The third-order valence-electron chi connectivity index (χ3n) is 12.4. The number of rotatable bonds is 15. The van der Waals surface area contributed by atoms with E-state index in [1.54, 1.807) is 6.92 Å². The Morgan fingerprint density at radius 1 is 0.577 bits per heavy atom. The summed E-state index contributed by atoms with van der Waals surface area (Å²) in [6.45, 7) is 13.4. The van der Waals surface area contributed by atoms with Gasteiger partial charge in [-0.15, -0.1) is 0 Å². The predicted octanol–water partition coefficient (Wildman–Crippen LogP) is 7.78. The van der Waals surface area contributed by atoms with Crippen molar-refractivity contribution in [3.8, 4) is 0 Å². The first-order chi connectivity index (χ1) is 33.5. The van der Waals surface area contributed by atoms with Gasteiger partial charge in [0.2, 0.25) is 23.6 Å². The van der Waals surface area contributed by atoms with Gasteiger partial charge in [0.1, 0.15) is 0 Å². The van der Waals surface area contributed by atoms with E-state index in [1.807, 2.05) is 68.3 Å². The number of benzene rings is 2. The normalized spacial score (nSPS) is 13.7. The molecule has 7 rings (SSSR count). The topological polar surface area (TPSA) is 282 Å². The monoisotopic (exact) mass is 1000 g/mol. The quantitative estimate of drug-likeness (QED) is 0.0499. The van der Waals surface area contributed by atoms with Crippen LogP contribution < -0.4 is 20.1 Å². The number of sulfonamides is 2. The van der Waals surface area contributed by atoms with Gasteiger partial charge in [-0.05, 0) is 160 Å². The highest BCUT2D eigenvalue weighted by Crippen LogP contribution is 2.39. The van der Waals surface area contributed by atoms with Crippen LogP contribution in [0.25, 0.3) is 44.4 Å². The van der Waals surface area contributed by atoms with Gasteiger partial charge in [0.05, 0.1) is 44.8 Å². The summed E-state index contributed by atoms with van der Waals surface area (Å²) < 4.78 is 53.7. The van der Waals surface area contributed by atoms with Crippen LogP contribution in [0.15, 0.2) is 82.6 Å². The second kappa shape index (κ2) is 20.6. The number of hydrogen-bond acceptors (Lipinski definition) is 12. The van der Waals surface area contributed by atoms with E-state index in [2.05, 4.69) is 20.6 Å². The van der Waals surface area contributed by atoms with E-state index in [4.69, 9.17) is 9.97 Å². The molecule has 20 heteroatoms. The lowest BCUT2D eigenvalue weighted by molar-refractivity contribution is -0.118. The number of fused-ring (bicyclic) bond motifs is 8. The van der Waals surface area contributed by atoms with E-state index in [0.29, 0.717) is 73.8 Å². The molecule has 2 aromatic carbocycles. The molecule has 18 nitrogen and oxygen atoms in total. The summed E-state index contributed by atoms with van der Waals surface area (Å²) >= 11 is 0. The van der Waals surface area contributed by atoms with Crippen LogP contribution in [0.2, 0.25) is 0 Å². The van der Waals surface area contributed by atoms with Crippen LogP contribution in [0, 0.1) is 13.8 Å². The third kappa shape index (κ3) is 11.4. The average Bonchev–Trinajstić information content (AvgIpc) is 3.96. The molecule has 0 radical (unpaired) electrons. The summed E-state index contributed by atoms with van der Waals surface area (Å²) in [6.07, 6.45) is -0.785. The lowest BCUT2D eigenvalue weighted by Gasteiger charge is -2.10. The van der Waals surface area contributed by atoms with Gasteiger partial charge in [-0.25, -0.2) is 36.2 Å². The van der Waals surface area contributed by atoms with Crippen LogP contribution >= 0.6 is 0 Å². The summed E-state index contributed by atoms with van der Waals surface area (Å²) in [6, 6.07) is 18.3. The van der Waals surface area contributed by atoms with Crippen molar-refractivity contribution in [2.45, 2.75) is 109 Å². The van der Waals surface area contributed by atoms with Crippen LogP contribution in [-0.2, 0) is 39.2 Å². The van der Waals surface area contributed by atoms with Crippen molar-refractivity contribution in [2.24, 2.45) is 0 Å². The van der Waals surface area contributed by atoms with E-state index < -0.39 is 44.1 Å². The molecule has 2 unspecified atom stereocenters. The number of nitrogens with zero attached hydrogens (tertiary/aromatic N) is 2. The number of anilines is 2. The molecule has 0 saturated carbocycles. The first-order valence-corrected chi connectivity index (χ1v) is 25.8. The minimum atomic E-state index is -4.08. The Labute approximate surface area is 411 Å². The number of aromatic nitrogens is 4. The fraction of sp³-hybridized carbons (Fsp3) is 0.294. The Bertz CT molecular complexity index is 3460. The number of hydrogen-bond donors (Lipinski definition) is 8. The van der Waals surface area contributed by atoms with Crippen molar-refractivity contribution >= 4 is 99.4 Å². The molecule has 4 amide bonds. The fourth-order valence-corrected chi connectivity index (χ4v) is 10.8. The molecule has 3 aromatic heterocycles. The maximum absolute atomic E-state index is 13.5. The van der Waals surface area contributed by atoms with Gasteiger partial charge in [-0.3, -0.25) is 19.2 Å². The van der Waals surface area contributed by atoms with E-state index in [9.17, 15) is 46.2 Å². The number of aromatic amines is 2. The summed E-state index contributed by atoms with van der Waals surface area (Å²) in [7, 11) is -8.15. The lowest BCUT2D eigenvalue weighted by Crippen LogP contribution is -2.28. The van der Waals surface area contributed by atoms with Crippen LogP contribution in [-0.4, -0.2) is 70.6 Å². The number of aryl methyl sites for hydroxylation is 2. The van der Waals surface area contributed by atoms with Gasteiger partial charge in [0.15, 0.2) is 0 Å². The molecule has 71 heavy (non-hydrogen) atoms. The van der Waals surface area contributed by atoms with Gasteiger partial charge in [0.25, 0.3) is 20.0 Å². The van der Waals surface area contributed by atoms with Gasteiger partial charge in [-0.2, -0.15) is 0 Å². The second-order valence-electron chi connectivity index (χ2n) is 17.6. The number of aliphatic hydroxyl groups is 2. The molecule has 0 aliphatic carbocycles. The molecule has 2 atom stereocenters. The van der Waals surface area contributed by atoms with Gasteiger partial charge in [-0.1, -0.05) is 6.92 Å². The molecule has 0 fully saturated rings. The lowest BCUT2D eigenvalue weighted by atomic mass is 9.97. The molecule has 2 aliphatic heterocycles. The zero-order chi connectivity index (χ0) is 51.7. The minimum Gasteiger partial charge on any atom is -0.389 e. The molecular formula is C51H56N8O10S2. The zero-order valence-electron chi connectivity index (χ0n) is 40.5. The summed E-state index contributed by atoms with van der Waals surface area (Å²) in [5, 5.41) is 28.1. The first-order valence-electron chi connectivity index (χ1n) is 22.8. The van der Waals surface area contributed by atoms with Crippen molar-refractivity contribution in [3.05, 3.63) is 118 Å². The zero-order valence-corrected chi connectivity index (χ0v) is 42.1. The number of amides is 4. The number of nitrogens with one attached hydrogen (secondary N) is 6. The summed E-state index contributed by atoms with van der Waals surface area (Å²) in [5.41, 5.74) is 11.6. The highest BCUT2D eigenvalue weighted by molar-refractivity contribution is 7.90. The predicted molar refractivity (Wildman–Crippen MR) is 272 cm³/mol. The average molecular weight is 1010 g/mol. The van der Waals surface area contributed by atoms with Crippen LogP contribution in [0.1, 0.15) is 131 Å². The number of carbonyl (C=O) groups is 4. The SMILES string of the molecule is CCC(O)c1c(C)c2cc3[nH]c(cc4nc(cc5nc(cc1[nH]2)C(C)=C5CCC(=O)Nc1ccc(S(=O)(=O)NC(C)=O)cc1)C(CCC(=O)Nc1ccc(S(=O)(=O)NC(C)=O)cc1)=C4C)c(C)c3C(C)O. The molecular weight excluding hydrogens is 949 g/mol. The molecule has 5 heterocycles. The van der Waals surface area contributed by atoms with Gasteiger partial charge in [0, 0.05) is 71.3 Å². The number of carbonyl (C=O) groups excluding carboxylic acids is 4. The summed E-state index contributed by atoms with van der Waals surface area (Å²) in [4.78, 5) is 66.9. The maximum atomic E-state index is 13.5. The van der Waals surface area contributed by atoms with Crippen molar-refractivity contribution in [1.82, 2.24) is 29.4 Å². The molecule has 372 valence electrons. The highest BCUT2D eigenvalue weighted by atomic mass is 32.2. The Balaban J connectivity index is 1.31. The molecule has 0 saturated heterocycles. The van der Waals surface area contributed by atoms with Crippen LogP contribution in [0.4, 0.5) is 11.4 Å². The Kier molecular flexibility index (Phi) is 15.0. The van der Waals surface area contributed by atoms with E-state index >= 15 is 0 Å². The van der Waals surface area contributed by atoms with Crippen molar-refractivity contribution in [2.75, 3.05) is 10.6 Å². The second-order valence-corrected chi connectivity index (χ2v) is 21.0. The molecule has 8 N–H and O–H groups in total. The largest absolute Gasteiger partial charge is 0.389 e. The summed E-state index contributed by atoms with van der Waals surface area (Å²) in [5.74, 6) is -2.20. The van der Waals surface area contributed by atoms with E-state index in [1.165, 1.54) is 48.5 Å². The van der Waals surface area contributed by atoms with Crippen LogP contribution in [0.5, 0.6) is 0 Å². The third-order valence-corrected chi connectivity index (χ3v) is 15.3. The molecule has 0 spiro atoms. The number of aliphatic hydroxyl groups excluding tert-OH is 2. The Hall–Kier alpha value is -7.26. The van der Waals surface area contributed by atoms with E-state index in [0.717, 1.165) is 47.3 Å². The van der Waals surface area contributed by atoms with Crippen molar-refractivity contribution in [1.29, 1.82) is 0 Å². The Morgan fingerprint density at radius 3 is 1.38 bits per heavy atom. The number of H-pyrrole nitrogens is 2. The van der Waals surface area contributed by atoms with E-state index in [-0.39, 0.29) is 47.3 Å². The van der Waals surface area contributed by atoms with Gasteiger partial charge < -0.3 is 30.8 Å². The first kappa shape index (κ1) is 51.6. The fourth-order valence-electron chi connectivity index (χ4n) is 8.80.